The van der Waals surface area contributed by atoms with Crippen molar-refractivity contribution >= 4 is 0 Å². The Morgan fingerprint density at radius 2 is 1.65 bits per heavy atom. The number of nitrogens with zero attached hydrogens (tertiary/aromatic N) is 2. The van der Waals surface area contributed by atoms with Crippen molar-refractivity contribution in [2.24, 2.45) is 16.1 Å². The Balaban J connectivity index is 2.19. The van der Waals surface area contributed by atoms with Crippen molar-refractivity contribution in [1.82, 2.24) is 0 Å². The molecule has 0 N–H and O–H groups in total. The highest BCUT2D eigenvalue weighted by Crippen LogP contribution is 2.52. The van der Waals surface area contributed by atoms with E-state index in [9.17, 15) is 13.2 Å². The molecule has 0 amide bonds. The zero-order valence-corrected chi connectivity index (χ0v) is 9.62. The number of hydrogen-bond donors (Lipinski definition) is 0. The van der Waals surface area contributed by atoms with Crippen molar-refractivity contribution < 1.29 is 13.2 Å². The lowest BCUT2D eigenvalue weighted by atomic mass is 9.97. The highest BCUT2D eigenvalue weighted by atomic mass is 19.4. The van der Waals surface area contributed by atoms with E-state index in [0.717, 1.165) is 12.0 Å². The van der Waals surface area contributed by atoms with Gasteiger partial charge in [0, 0.05) is 5.56 Å². The number of benzene rings is 1. The normalized spacial score (nSPS) is 17.5. The molecule has 0 saturated heterocycles. The molecule has 1 heterocycles. The van der Waals surface area contributed by atoms with Crippen molar-refractivity contribution in [3.8, 4) is 0 Å². The van der Waals surface area contributed by atoms with Gasteiger partial charge in [-0.15, -0.1) is 10.2 Å². The smallest absolute Gasteiger partial charge is 0.166 e. The van der Waals surface area contributed by atoms with Crippen molar-refractivity contribution in [2.45, 2.75) is 32.1 Å². The molecule has 0 radical (unpaired) electrons. The summed E-state index contributed by atoms with van der Waals surface area (Å²) in [4.78, 5) is 0. The van der Waals surface area contributed by atoms with Crippen LogP contribution in [0.15, 0.2) is 34.5 Å². The van der Waals surface area contributed by atoms with Gasteiger partial charge in [-0.2, -0.15) is 13.2 Å². The summed E-state index contributed by atoms with van der Waals surface area (Å²) in [6.07, 6.45) is -3.58. The quantitative estimate of drug-likeness (QED) is 0.763. The minimum atomic E-state index is -4.44. The molecule has 0 saturated carbocycles. The maximum Gasteiger partial charge on any atom is 0.442 e. The summed E-state index contributed by atoms with van der Waals surface area (Å²) in [5, 5.41) is 6.33. The minimum absolute atomic E-state index is 0.0949. The Bertz CT molecular complexity index is 426. The Morgan fingerprint density at radius 1 is 1.12 bits per heavy atom. The van der Waals surface area contributed by atoms with Crippen LogP contribution in [-0.2, 0) is 12.1 Å². The fourth-order valence-corrected chi connectivity index (χ4v) is 1.79. The zero-order valence-electron chi connectivity index (χ0n) is 9.62. The third kappa shape index (κ3) is 2.18. The van der Waals surface area contributed by atoms with Gasteiger partial charge in [-0.3, -0.25) is 0 Å². The van der Waals surface area contributed by atoms with Gasteiger partial charge in [0.05, 0.1) is 0 Å². The van der Waals surface area contributed by atoms with Crippen molar-refractivity contribution in [2.75, 3.05) is 0 Å². The number of hydrogen-bond acceptors (Lipinski definition) is 2. The van der Waals surface area contributed by atoms with E-state index in [1.165, 1.54) is 12.1 Å². The van der Waals surface area contributed by atoms with Gasteiger partial charge in [0.25, 0.3) is 0 Å². The number of alkyl halides is 3. The van der Waals surface area contributed by atoms with Gasteiger partial charge < -0.3 is 0 Å². The summed E-state index contributed by atoms with van der Waals surface area (Å²) in [5.41, 5.74) is -1.16. The van der Waals surface area contributed by atoms with Gasteiger partial charge in [0.15, 0.2) is 0 Å². The predicted octanol–water partition coefficient (Wildman–Crippen LogP) is 4.07. The van der Waals surface area contributed by atoms with Crippen molar-refractivity contribution in [3.05, 3.63) is 35.4 Å². The molecule has 1 aromatic rings. The molecule has 0 aliphatic carbocycles. The molecule has 0 atom stereocenters. The summed E-state index contributed by atoms with van der Waals surface area (Å²) in [7, 11) is 0. The highest BCUT2D eigenvalue weighted by molar-refractivity contribution is 5.32. The highest BCUT2D eigenvalue weighted by Gasteiger charge is 2.65. The van der Waals surface area contributed by atoms with Crippen LogP contribution in [0, 0.1) is 5.92 Å². The van der Waals surface area contributed by atoms with Gasteiger partial charge >= 0.3 is 11.8 Å². The first-order valence-electron chi connectivity index (χ1n) is 5.45. The molecule has 17 heavy (non-hydrogen) atoms. The fraction of sp³-hybridized carbons (Fsp3) is 0.500. The lowest BCUT2D eigenvalue weighted by molar-refractivity contribution is -0.166. The molecule has 2 nitrogen and oxygen atoms in total. The van der Waals surface area contributed by atoms with Gasteiger partial charge in [0.2, 0.25) is 0 Å². The summed E-state index contributed by atoms with van der Waals surface area (Å²) in [5.74, 6) is 0.479. The number of rotatable bonds is 3. The predicted molar refractivity (Wildman–Crippen MR) is 57.6 cm³/mol. The third-order valence-corrected chi connectivity index (χ3v) is 2.70. The first kappa shape index (κ1) is 12.1. The summed E-state index contributed by atoms with van der Waals surface area (Å²) in [6, 6.07) is 6.36. The van der Waals surface area contributed by atoms with Crippen LogP contribution in [0.5, 0.6) is 0 Å². The molecule has 0 unspecified atom stereocenters. The maximum absolute atomic E-state index is 12.7. The van der Waals surface area contributed by atoms with E-state index in [2.05, 4.69) is 24.1 Å². The Hall–Kier alpha value is -1.39. The minimum Gasteiger partial charge on any atom is -0.166 e. The lowest BCUT2D eigenvalue weighted by Crippen LogP contribution is -2.30. The van der Waals surface area contributed by atoms with Gasteiger partial charge in [-0.25, -0.2) is 0 Å². The molecule has 0 aromatic heterocycles. The summed E-state index contributed by atoms with van der Waals surface area (Å²) >= 11 is 0. The first-order chi connectivity index (χ1) is 7.85. The maximum atomic E-state index is 12.7. The molecular weight excluding hydrogens is 229 g/mol. The Labute approximate surface area is 97.6 Å². The van der Waals surface area contributed by atoms with Crippen LogP contribution in [0.2, 0.25) is 0 Å². The summed E-state index contributed by atoms with van der Waals surface area (Å²) in [6.45, 7) is 4.13. The van der Waals surface area contributed by atoms with E-state index in [0.29, 0.717) is 5.92 Å². The van der Waals surface area contributed by atoms with Crippen LogP contribution < -0.4 is 0 Å². The molecule has 5 heteroatoms. The van der Waals surface area contributed by atoms with E-state index in [-0.39, 0.29) is 5.56 Å². The van der Waals surface area contributed by atoms with E-state index < -0.39 is 11.8 Å². The Kier molecular flexibility index (Phi) is 2.72. The molecular formula is C12H13F3N2. The molecule has 0 spiro atoms. The summed E-state index contributed by atoms with van der Waals surface area (Å²) < 4.78 is 38.1. The molecule has 1 aliphatic heterocycles. The second-order valence-corrected chi connectivity index (χ2v) is 4.66. The molecule has 1 aromatic carbocycles. The van der Waals surface area contributed by atoms with Crippen LogP contribution >= 0.6 is 0 Å². The van der Waals surface area contributed by atoms with Crippen LogP contribution in [0.25, 0.3) is 0 Å². The fourth-order valence-electron chi connectivity index (χ4n) is 1.79. The topological polar surface area (TPSA) is 24.7 Å². The first-order valence-corrected chi connectivity index (χ1v) is 5.45. The van der Waals surface area contributed by atoms with E-state index in [4.69, 9.17) is 0 Å². The van der Waals surface area contributed by atoms with E-state index >= 15 is 0 Å². The van der Waals surface area contributed by atoms with Gasteiger partial charge in [-0.05, 0) is 17.9 Å². The SMILES string of the molecule is CC(C)Cc1ccc(C2(C(F)(F)F)N=N2)cc1. The molecule has 1 aliphatic rings. The molecule has 0 bridgehead atoms. The lowest BCUT2D eigenvalue weighted by Gasteiger charge is -2.15. The van der Waals surface area contributed by atoms with E-state index in [1.807, 2.05) is 0 Å². The second-order valence-electron chi connectivity index (χ2n) is 4.66. The van der Waals surface area contributed by atoms with Gasteiger partial charge in [-0.1, -0.05) is 38.1 Å². The van der Waals surface area contributed by atoms with Crippen molar-refractivity contribution in [3.63, 3.8) is 0 Å². The van der Waals surface area contributed by atoms with Crippen LogP contribution in [0.3, 0.4) is 0 Å². The average molecular weight is 242 g/mol. The van der Waals surface area contributed by atoms with E-state index in [1.54, 1.807) is 12.1 Å². The van der Waals surface area contributed by atoms with Gasteiger partial charge in [0.1, 0.15) is 0 Å². The second kappa shape index (κ2) is 3.82. The molecule has 0 fully saturated rings. The standard InChI is InChI=1S/C12H13F3N2/c1-8(2)7-9-3-5-10(6-4-9)11(16-17-11)12(13,14)15/h3-6,8H,7H2,1-2H3. The average Bonchev–Trinajstić information content (AvgIpc) is 2.97. The third-order valence-electron chi connectivity index (χ3n) is 2.70. The van der Waals surface area contributed by atoms with Crippen LogP contribution in [-0.4, -0.2) is 6.18 Å². The Morgan fingerprint density at radius 3 is 2.00 bits per heavy atom. The van der Waals surface area contributed by atoms with Crippen molar-refractivity contribution in [1.29, 1.82) is 0 Å². The van der Waals surface area contributed by atoms with Crippen LogP contribution in [0.1, 0.15) is 25.0 Å². The largest absolute Gasteiger partial charge is 0.442 e. The van der Waals surface area contributed by atoms with Crippen LogP contribution in [0.4, 0.5) is 13.2 Å². The molecule has 2 rings (SSSR count). The number of halogens is 3. The monoisotopic (exact) mass is 242 g/mol. The zero-order chi connectivity index (χ0) is 12.7. The molecule has 92 valence electrons.